The van der Waals surface area contributed by atoms with Crippen molar-refractivity contribution in [1.29, 1.82) is 0 Å². The topological polar surface area (TPSA) is 50.4 Å². The standard InChI is InChI=1S/C14H17F5N2O2/c1-14(2,3)23-13(22)21-6-4-5-20-12-10(18)8(16)7(15)9(17)11(12)19/h20H,4-6H2,1-3H3,(H,21,22). The molecule has 0 aliphatic rings. The van der Waals surface area contributed by atoms with Gasteiger partial charge in [-0.2, -0.15) is 0 Å². The Morgan fingerprint density at radius 1 is 0.913 bits per heavy atom. The number of alkyl carbamates (subject to hydrolysis) is 1. The van der Waals surface area contributed by atoms with Crippen LogP contribution in [-0.2, 0) is 4.74 Å². The van der Waals surface area contributed by atoms with E-state index in [2.05, 4.69) is 10.6 Å². The van der Waals surface area contributed by atoms with E-state index in [9.17, 15) is 26.7 Å². The molecule has 9 heteroatoms. The van der Waals surface area contributed by atoms with Crippen LogP contribution in [0.1, 0.15) is 27.2 Å². The molecular weight excluding hydrogens is 323 g/mol. The normalized spacial score (nSPS) is 11.3. The molecular formula is C14H17F5N2O2. The summed E-state index contributed by atoms with van der Waals surface area (Å²) < 4.78 is 70.4. The zero-order valence-electron chi connectivity index (χ0n) is 12.8. The number of rotatable bonds is 5. The van der Waals surface area contributed by atoms with Gasteiger partial charge in [-0.3, -0.25) is 0 Å². The van der Waals surface area contributed by atoms with Crippen LogP contribution in [-0.4, -0.2) is 24.8 Å². The number of hydrogen-bond acceptors (Lipinski definition) is 3. The van der Waals surface area contributed by atoms with Crippen LogP contribution in [0.4, 0.5) is 32.4 Å². The minimum absolute atomic E-state index is 0.0946. The predicted octanol–water partition coefficient (Wildman–Crippen LogP) is 3.71. The lowest BCUT2D eigenvalue weighted by Crippen LogP contribution is -2.33. The smallest absolute Gasteiger partial charge is 0.407 e. The van der Waals surface area contributed by atoms with Crippen molar-refractivity contribution in [2.45, 2.75) is 32.8 Å². The Bertz CT molecular complexity index is 559. The van der Waals surface area contributed by atoms with E-state index < -0.39 is 46.5 Å². The molecule has 0 aliphatic carbocycles. The third-order valence-corrected chi connectivity index (χ3v) is 2.53. The molecule has 0 heterocycles. The molecule has 23 heavy (non-hydrogen) atoms. The van der Waals surface area contributed by atoms with Crippen LogP contribution in [0, 0.1) is 29.1 Å². The van der Waals surface area contributed by atoms with E-state index in [4.69, 9.17) is 4.74 Å². The van der Waals surface area contributed by atoms with Crippen LogP contribution in [0.3, 0.4) is 0 Å². The number of anilines is 1. The number of amides is 1. The summed E-state index contributed by atoms with van der Waals surface area (Å²) in [5.74, 6) is -10.1. The summed E-state index contributed by atoms with van der Waals surface area (Å²) >= 11 is 0. The SMILES string of the molecule is CC(C)(C)OC(=O)NCCCNc1c(F)c(F)c(F)c(F)c1F. The molecule has 0 atom stereocenters. The molecule has 2 N–H and O–H groups in total. The molecule has 0 bridgehead atoms. The lowest BCUT2D eigenvalue weighted by Gasteiger charge is -2.19. The Labute approximate surface area is 130 Å². The highest BCUT2D eigenvalue weighted by Crippen LogP contribution is 2.26. The van der Waals surface area contributed by atoms with Gasteiger partial charge in [0.05, 0.1) is 0 Å². The van der Waals surface area contributed by atoms with Gasteiger partial charge in [0.15, 0.2) is 23.3 Å². The highest BCUT2D eigenvalue weighted by Gasteiger charge is 2.25. The Kier molecular flexibility index (Phi) is 6.17. The number of carbonyl (C=O) groups excluding carboxylic acids is 1. The van der Waals surface area contributed by atoms with Gasteiger partial charge in [-0.05, 0) is 27.2 Å². The molecule has 4 nitrogen and oxygen atoms in total. The fourth-order valence-electron chi connectivity index (χ4n) is 1.57. The maximum absolute atomic E-state index is 13.4. The molecule has 0 aliphatic heterocycles. The number of ether oxygens (including phenoxy) is 1. The third kappa shape index (κ3) is 5.26. The van der Waals surface area contributed by atoms with Gasteiger partial charge in [0, 0.05) is 13.1 Å². The van der Waals surface area contributed by atoms with Gasteiger partial charge in [-0.25, -0.2) is 26.7 Å². The first-order valence-electron chi connectivity index (χ1n) is 6.76. The first-order chi connectivity index (χ1) is 10.5. The van der Waals surface area contributed by atoms with Crippen molar-refractivity contribution in [1.82, 2.24) is 5.32 Å². The van der Waals surface area contributed by atoms with E-state index in [0.29, 0.717) is 0 Å². The monoisotopic (exact) mass is 340 g/mol. The number of nitrogens with one attached hydrogen (secondary N) is 2. The molecule has 0 aromatic heterocycles. The number of benzene rings is 1. The van der Waals surface area contributed by atoms with E-state index in [1.54, 1.807) is 20.8 Å². The van der Waals surface area contributed by atoms with E-state index in [1.165, 1.54) is 0 Å². The lowest BCUT2D eigenvalue weighted by atomic mass is 10.2. The summed E-state index contributed by atoms with van der Waals surface area (Å²) in [5, 5.41) is 4.51. The highest BCUT2D eigenvalue weighted by molar-refractivity contribution is 5.67. The van der Waals surface area contributed by atoms with Crippen molar-refractivity contribution in [3.05, 3.63) is 29.1 Å². The molecule has 1 aromatic carbocycles. The largest absolute Gasteiger partial charge is 0.444 e. The van der Waals surface area contributed by atoms with Gasteiger partial charge in [0.1, 0.15) is 11.3 Å². The summed E-state index contributed by atoms with van der Waals surface area (Å²) in [6.07, 6.45) is -0.493. The van der Waals surface area contributed by atoms with E-state index in [1.807, 2.05) is 0 Å². The summed E-state index contributed by atoms with van der Waals surface area (Å²) in [6.45, 7) is 5.01. The van der Waals surface area contributed by atoms with Crippen molar-refractivity contribution >= 4 is 11.8 Å². The lowest BCUT2D eigenvalue weighted by molar-refractivity contribution is 0.0527. The molecule has 0 fully saturated rings. The van der Waals surface area contributed by atoms with Crippen molar-refractivity contribution in [2.75, 3.05) is 18.4 Å². The molecule has 0 unspecified atom stereocenters. The second kappa shape index (κ2) is 7.47. The average molecular weight is 340 g/mol. The quantitative estimate of drug-likeness (QED) is 0.372. The van der Waals surface area contributed by atoms with Crippen LogP contribution in [0.25, 0.3) is 0 Å². The summed E-state index contributed by atoms with van der Waals surface area (Å²) in [4.78, 5) is 11.3. The molecule has 130 valence electrons. The molecule has 0 radical (unpaired) electrons. The Hall–Kier alpha value is -2.06. The average Bonchev–Trinajstić information content (AvgIpc) is 2.44. The molecule has 0 saturated carbocycles. The van der Waals surface area contributed by atoms with Gasteiger partial charge in [-0.15, -0.1) is 0 Å². The van der Waals surface area contributed by atoms with E-state index in [0.717, 1.165) is 0 Å². The van der Waals surface area contributed by atoms with Gasteiger partial charge in [-0.1, -0.05) is 0 Å². The van der Waals surface area contributed by atoms with Gasteiger partial charge in [0.25, 0.3) is 0 Å². The van der Waals surface area contributed by atoms with Crippen LogP contribution >= 0.6 is 0 Å². The summed E-state index contributed by atoms with van der Waals surface area (Å²) in [5.41, 5.74) is -1.77. The third-order valence-electron chi connectivity index (χ3n) is 2.53. The Morgan fingerprint density at radius 2 is 1.39 bits per heavy atom. The fourth-order valence-corrected chi connectivity index (χ4v) is 1.57. The molecule has 0 saturated heterocycles. The fraction of sp³-hybridized carbons (Fsp3) is 0.500. The first kappa shape index (κ1) is 19.0. The van der Waals surface area contributed by atoms with Crippen LogP contribution in [0.5, 0.6) is 0 Å². The zero-order chi connectivity index (χ0) is 17.8. The Balaban J connectivity index is 2.50. The molecule has 1 amide bonds. The minimum atomic E-state index is -2.21. The summed E-state index contributed by atoms with van der Waals surface area (Å²) in [7, 11) is 0. The van der Waals surface area contributed by atoms with E-state index in [-0.39, 0.29) is 19.5 Å². The number of halogens is 5. The second-order valence-corrected chi connectivity index (χ2v) is 5.65. The second-order valence-electron chi connectivity index (χ2n) is 5.65. The van der Waals surface area contributed by atoms with Gasteiger partial charge < -0.3 is 15.4 Å². The maximum Gasteiger partial charge on any atom is 0.407 e. The number of hydrogen-bond donors (Lipinski definition) is 2. The summed E-state index contributed by atoms with van der Waals surface area (Å²) in [6, 6.07) is 0. The first-order valence-corrected chi connectivity index (χ1v) is 6.76. The van der Waals surface area contributed by atoms with Crippen LogP contribution < -0.4 is 10.6 Å². The highest BCUT2D eigenvalue weighted by atomic mass is 19.2. The van der Waals surface area contributed by atoms with Crippen molar-refractivity contribution in [2.24, 2.45) is 0 Å². The van der Waals surface area contributed by atoms with Gasteiger partial charge >= 0.3 is 6.09 Å². The van der Waals surface area contributed by atoms with Crippen molar-refractivity contribution < 1.29 is 31.5 Å². The Morgan fingerprint density at radius 3 is 1.87 bits per heavy atom. The predicted molar refractivity (Wildman–Crippen MR) is 73.6 cm³/mol. The van der Waals surface area contributed by atoms with E-state index >= 15 is 0 Å². The molecule has 1 aromatic rings. The maximum atomic E-state index is 13.4. The van der Waals surface area contributed by atoms with Gasteiger partial charge in [0.2, 0.25) is 5.82 Å². The zero-order valence-corrected chi connectivity index (χ0v) is 12.8. The molecule has 0 spiro atoms. The van der Waals surface area contributed by atoms with Crippen molar-refractivity contribution in [3.8, 4) is 0 Å². The van der Waals surface area contributed by atoms with Crippen LogP contribution in [0.2, 0.25) is 0 Å². The molecule has 1 rings (SSSR count). The van der Waals surface area contributed by atoms with Crippen molar-refractivity contribution in [3.63, 3.8) is 0 Å². The minimum Gasteiger partial charge on any atom is -0.444 e. The number of carbonyl (C=O) groups is 1. The van der Waals surface area contributed by atoms with Crippen LogP contribution in [0.15, 0.2) is 0 Å².